The van der Waals surface area contributed by atoms with Gasteiger partial charge in [0, 0.05) is 26.2 Å². The van der Waals surface area contributed by atoms with Gasteiger partial charge in [0.25, 0.3) is 11.8 Å². The summed E-state index contributed by atoms with van der Waals surface area (Å²) in [5, 5.41) is 10.1. The van der Waals surface area contributed by atoms with Gasteiger partial charge in [0.15, 0.2) is 5.69 Å². The highest BCUT2D eigenvalue weighted by molar-refractivity contribution is 6.01. The average Bonchev–Trinajstić information content (AvgIpc) is 3.30. The summed E-state index contributed by atoms with van der Waals surface area (Å²) in [5.41, 5.74) is 2.25. The zero-order valence-electron chi connectivity index (χ0n) is 21.0. The van der Waals surface area contributed by atoms with Gasteiger partial charge in [-0.3, -0.25) is 19.1 Å². The molecule has 3 aromatic rings. The van der Waals surface area contributed by atoms with E-state index in [0.717, 1.165) is 22.4 Å². The number of benzene rings is 2. The second-order valence-electron chi connectivity index (χ2n) is 9.14. The molecular weight excluding hydrogens is 458 g/mol. The predicted octanol–water partition coefficient (Wildman–Crippen LogP) is 2.68. The van der Waals surface area contributed by atoms with E-state index in [-0.39, 0.29) is 29.7 Å². The van der Waals surface area contributed by atoms with Gasteiger partial charge in [-0.05, 0) is 44.0 Å². The number of aryl methyl sites for hydroxylation is 1. The Morgan fingerprint density at radius 1 is 1.03 bits per heavy atom. The van der Waals surface area contributed by atoms with Crippen molar-refractivity contribution in [2.45, 2.75) is 45.9 Å². The molecule has 0 aliphatic carbocycles. The van der Waals surface area contributed by atoms with Crippen molar-refractivity contribution in [1.29, 1.82) is 0 Å². The summed E-state index contributed by atoms with van der Waals surface area (Å²) < 4.78 is 6.88. The van der Waals surface area contributed by atoms with Crippen molar-refractivity contribution in [3.05, 3.63) is 82.7 Å². The zero-order chi connectivity index (χ0) is 25.9. The molecule has 0 radical (unpaired) electrons. The molecule has 3 amide bonds. The Morgan fingerprint density at radius 2 is 1.64 bits per heavy atom. The maximum absolute atomic E-state index is 13.2. The second-order valence-corrected chi connectivity index (χ2v) is 9.14. The molecule has 0 spiro atoms. The summed E-state index contributed by atoms with van der Waals surface area (Å²) in [6.45, 7) is 7.00. The van der Waals surface area contributed by atoms with Crippen LogP contribution >= 0.6 is 0 Å². The van der Waals surface area contributed by atoms with Crippen LogP contribution in [0.5, 0.6) is 5.75 Å². The number of hydrogen-bond acceptors (Lipinski definition) is 5. The van der Waals surface area contributed by atoms with E-state index in [0.29, 0.717) is 19.7 Å². The highest BCUT2D eigenvalue weighted by Crippen LogP contribution is 2.26. The summed E-state index contributed by atoms with van der Waals surface area (Å²) in [6, 6.07) is 16.8. The molecule has 1 atom stereocenters. The van der Waals surface area contributed by atoms with Crippen molar-refractivity contribution < 1.29 is 19.1 Å². The highest BCUT2D eigenvalue weighted by atomic mass is 16.5. The van der Waals surface area contributed by atoms with Crippen molar-refractivity contribution >= 4 is 17.7 Å². The average molecular weight is 490 g/mol. The molecule has 2 aromatic carbocycles. The van der Waals surface area contributed by atoms with E-state index >= 15 is 0 Å². The Hall–Kier alpha value is -4.14. The topological polar surface area (TPSA) is 106 Å². The van der Waals surface area contributed by atoms with Crippen LogP contribution in [0.1, 0.15) is 51.5 Å². The number of carbonyl (C=O) groups is 3. The molecule has 4 rings (SSSR count). The third-order valence-corrected chi connectivity index (χ3v) is 6.48. The molecule has 36 heavy (non-hydrogen) atoms. The van der Waals surface area contributed by atoms with Crippen molar-refractivity contribution in [2.24, 2.45) is 0 Å². The Balaban J connectivity index is 1.43. The SMILES string of the molecule is CCOc1ccc(CNC(=O)c2cc3n(n2)C[C@@](C)(C(=O)NCc2ccc(C)cc2)N(C)C3=O)cc1. The van der Waals surface area contributed by atoms with Gasteiger partial charge in [0.05, 0.1) is 13.2 Å². The number of nitrogens with one attached hydrogen (secondary N) is 2. The number of nitrogens with zero attached hydrogens (tertiary/aromatic N) is 3. The zero-order valence-corrected chi connectivity index (χ0v) is 21.0. The number of amides is 3. The van der Waals surface area contributed by atoms with Crippen LogP contribution in [0.3, 0.4) is 0 Å². The minimum Gasteiger partial charge on any atom is -0.494 e. The largest absolute Gasteiger partial charge is 0.494 e. The molecular formula is C27H31N5O4. The molecule has 1 aliphatic rings. The molecule has 0 unspecified atom stereocenters. The third kappa shape index (κ3) is 5.10. The Morgan fingerprint density at radius 3 is 2.28 bits per heavy atom. The van der Waals surface area contributed by atoms with Crippen molar-refractivity contribution in [3.8, 4) is 5.75 Å². The number of likely N-dealkylation sites (N-methyl/N-ethyl adjacent to an activating group) is 1. The van der Waals surface area contributed by atoms with Gasteiger partial charge >= 0.3 is 0 Å². The quantitative estimate of drug-likeness (QED) is 0.506. The van der Waals surface area contributed by atoms with E-state index < -0.39 is 11.4 Å². The molecule has 2 N–H and O–H groups in total. The van der Waals surface area contributed by atoms with Crippen molar-refractivity contribution in [3.63, 3.8) is 0 Å². The molecule has 0 fully saturated rings. The number of rotatable bonds is 8. The normalized spacial score (nSPS) is 16.9. The first-order chi connectivity index (χ1) is 17.2. The van der Waals surface area contributed by atoms with E-state index in [4.69, 9.17) is 4.74 Å². The van der Waals surface area contributed by atoms with Gasteiger partial charge in [0.2, 0.25) is 5.91 Å². The first-order valence-corrected chi connectivity index (χ1v) is 11.9. The number of ether oxygens (including phenoxy) is 1. The van der Waals surface area contributed by atoms with Gasteiger partial charge in [0.1, 0.15) is 17.0 Å². The van der Waals surface area contributed by atoms with E-state index in [1.165, 1.54) is 15.6 Å². The van der Waals surface area contributed by atoms with Crippen LogP contribution in [0.15, 0.2) is 54.6 Å². The van der Waals surface area contributed by atoms with Crippen LogP contribution in [0.4, 0.5) is 0 Å². The van der Waals surface area contributed by atoms with E-state index in [9.17, 15) is 14.4 Å². The van der Waals surface area contributed by atoms with Gasteiger partial charge in [-0.2, -0.15) is 5.10 Å². The highest BCUT2D eigenvalue weighted by Gasteiger charge is 2.46. The lowest BCUT2D eigenvalue weighted by Gasteiger charge is -2.40. The second kappa shape index (κ2) is 10.2. The Labute approximate surface area is 210 Å². The lowest BCUT2D eigenvalue weighted by Crippen LogP contribution is -2.62. The number of fused-ring (bicyclic) bond motifs is 1. The number of carbonyl (C=O) groups excluding carboxylic acids is 3. The first-order valence-electron chi connectivity index (χ1n) is 11.9. The van der Waals surface area contributed by atoms with Crippen LogP contribution < -0.4 is 15.4 Å². The summed E-state index contributed by atoms with van der Waals surface area (Å²) in [5.74, 6) is -0.288. The van der Waals surface area contributed by atoms with E-state index in [1.807, 2.05) is 62.4 Å². The Kier molecular flexibility index (Phi) is 7.10. The van der Waals surface area contributed by atoms with Crippen LogP contribution in [0.25, 0.3) is 0 Å². The van der Waals surface area contributed by atoms with Crippen molar-refractivity contribution in [1.82, 2.24) is 25.3 Å². The minimum absolute atomic E-state index is 0.127. The monoisotopic (exact) mass is 489 g/mol. The Bertz CT molecular complexity index is 1270. The van der Waals surface area contributed by atoms with Crippen molar-refractivity contribution in [2.75, 3.05) is 13.7 Å². The fourth-order valence-electron chi connectivity index (χ4n) is 4.06. The van der Waals surface area contributed by atoms with E-state index in [2.05, 4.69) is 15.7 Å². The maximum Gasteiger partial charge on any atom is 0.272 e. The fourth-order valence-corrected chi connectivity index (χ4v) is 4.06. The minimum atomic E-state index is -1.16. The predicted molar refractivity (Wildman–Crippen MR) is 135 cm³/mol. The van der Waals surface area contributed by atoms with Gasteiger partial charge in [-0.1, -0.05) is 42.0 Å². The van der Waals surface area contributed by atoms with Crippen LogP contribution in [-0.4, -0.2) is 51.6 Å². The molecule has 9 nitrogen and oxygen atoms in total. The molecule has 0 bridgehead atoms. The molecule has 1 aliphatic heterocycles. The van der Waals surface area contributed by atoms with Crippen LogP contribution in [-0.2, 0) is 24.4 Å². The van der Waals surface area contributed by atoms with Gasteiger partial charge < -0.3 is 20.3 Å². The lowest BCUT2D eigenvalue weighted by molar-refractivity contribution is -0.132. The van der Waals surface area contributed by atoms with Gasteiger partial charge in [-0.25, -0.2) is 0 Å². The number of aromatic nitrogens is 2. The molecule has 2 heterocycles. The summed E-state index contributed by atoms with van der Waals surface area (Å²) in [7, 11) is 1.59. The van der Waals surface area contributed by atoms with Gasteiger partial charge in [-0.15, -0.1) is 0 Å². The summed E-state index contributed by atoms with van der Waals surface area (Å²) >= 11 is 0. The molecule has 9 heteroatoms. The fraction of sp³-hybridized carbons (Fsp3) is 0.333. The molecule has 0 saturated heterocycles. The summed E-state index contributed by atoms with van der Waals surface area (Å²) in [6.07, 6.45) is 0. The first kappa shape index (κ1) is 25.0. The van der Waals surface area contributed by atoms with E-state index in [1.54, 1.807) is 14.0 Å². The summed E-state index contributed by atoms with van der Waals surface area (Å²) in [4.78, 5) is 40.4. The molecule has 0 saturated carbocycles. The molecule has 1 aromatic heterocycles. The standard InChI is InChI=1S/C27H31N5O4/c1-5-36-21-12-10-20(11-13-21)15-28-24(33)22-14-23-25(34)31(4)27(3,17-32(23)30-22)26(35)29-16-19-8-6-18(2)7-9-19/h6-14H,5,15-17H2,1-4H3,(H,28,33)(H,29,35)/t27-/m0/s1. The number of hydrogen-bond donors (Lipinski definition) is 2. The lowest BCUT2D eigenvalue weighted by atomic mass is 9.95. The van der Waals surface area contributed by atoms with Crippen LogP contribution in [0, 0.1) is 6.92 Å². The van der Waals surface area contributed by atoms with Crippen LogP contribution in [0.2, 0.25) is 0 Å². The molecule has 188 valence electrons. The smallest absolute Gasteiger partial charge is 0.272 e. The third-order valence-electron chi connectivity index (χ3n) is 6.48. The maximum atomic E-state index is 13.2.